The van der Waals surface area contributed by atoms with Gasteiger partial charge in [-0.15, -0.1) is 0 Å². The van der Waals surface area contributed by atoms with Gasteiger partial charge in [0.25, 0.3) is 5.91 Å². The molecule has 1 N–H and O–H groups in total. The van der Waals surface area contributed by atoms with Crippen molar-refractivity contribution in [2.75, 3.05) is 39.4 Å². The van der Waals surface area contributed by atoms with E-state index in [0.717, 1.165) is 64.3 Å². The number of amides is 1. The number of pyridine rings is 1. The normalized spacial score (nSPS) is 18.2. The third-order valence-corrected chi connectivity index (χ3v) is 6.76. The number of halogens is 3. The van der Waals surface area contributed by atoms with E-state index in [1.807, 2.05) is 41.6 Å². The van der Waals surface area contributed by atoms with Crippen LogP contribution in [0.4, 0.5) is 13.2 Å². The summed E-state index contributed by atoms with van der Waals surface area (Å²) >= 11 is 0. The number of hydrogen-bond donors (Lipinski definition) is 1. The zero-order valence-corrected chi connectivity index (χ0v) is 20.6. The van der Waals surface area contributed by atoms with Gasteiger partial charge in [-0.2, -0.15) is 13.2 Å². The molecule has 2 aliphatic heterocycles. The van der Waals surface area contributed by atoms with Crippen molar-refractivity contribution < 1.29 is 32.6 Å². The monoisotopic (exact) mass is 507 g/mol. The Morgan fingerprint density at radius 3 is 2.39 bits per heavy atom. The molecule has 0 aliphatic carbocycles. The Kier molecular flexibility index (Phi) is 9.08. The van der Waals surface area contributed by atoms with Crippen LogP contribution in [-0.4, -0.2) is 77.3 Å². The number of rotatable bonds is 3. The number of piperidine rings is 1. The van der Waals surface area contributed by atoms with Crippen LogP contribution in [0, 0.1) is 19.3 Å². The Hall–Kier alpha value is -2.98. The van der Waals surface area contributed by atoms with Crippen molar-refractivity contribution in [3.05, 3.63) is 65.0 Å². The summed E-state index contributed by atoms with van der Waals surface area (Å²) in [5, 5.41) is 7.12. The van der Waals surface area contributed by atoms with Gasteiger partial charge in [-0.1, -0.05) is 12.1 Å². The van der Waals surface area contributed by atoms with Crippen LogP contribution >= 0.6 is 0 Å². The molecular formula is C26H32F3N3O4. The molecule has 3 heterocycles. The number of benzene rings is 1. The second-order valence-electron chi connectivity index (χ2n) is 9.52. The number of hydrogen-bond acceptors (Lipinski definition) is 5. The third kappa shape index (κ3) is 7.51. The number of aliphatic carboxylic acids is 1. The summed E-state index contributed by atoms with van der Waals surface area (Å²) in [6.45, 7) is 10.2. The predicted molar refractivity (Wildman–Crippen MR) is 128 cm³/mol. The van der Waals surface area contributed by atoms with Crippen molar-refractivity contribution >= 4 is 11.9 Å². The van der Waals surface area contributed by atoms with Gasteiger partial charge in [0.1, 0.15) is 0 Å². The fourth-order valence-corrected chi connectivity index (χ4v) is 4.51. The third-order valence-electron chi connectivity index (χ3n) is 6.76. The van der Waals surface area contributed by atoms with E-state index in [2.05, 4.69) is 29.8 Å². The topological polar surface area (TPSA) is 83.0 Å². The number of carbonyl (C=O) groups is 2. The first-order valence-corrected chi connectivity index (χ1v) is 11.8. The number of likely N-dealkylation sites (tertiary alicyclic amines) is 1. The van der Waals surface area contributed by atoms with Crippen LogP contribution < -0.4 is 0 Å². The highest BCUT2D eigenvalue weighted by molar-refractivity contribution is 5.94. The molecule has 0 radical (unpaired) electrons. The Bertz CT molecular complexity index is 1040. The van der Waals surface area contributed by atoms with Gasteiger partial charge in [0, 0.05) is 56.1 Å². The van der Waals surface area contributed by atoms with E-state index in [0.29, 0.717) is 0 Å². The van der Waals surface area contributed by atoms with Crippen molar-refractivity contribution in [1.82, 2.24) is 14.8 Å². The Morgan fingerprint density at radius 1 is 1.11 bits per heavy atom. The van der Waals surface area contributed by atoms with Crippen LogP contribution in [-0.2, 0) is 16.1 Å². The molecule has 1 amide bonds. The lowest BCUT2D eigenvalue weighted by Gasteiger charge is -2.42. The summed E-state index contributed by atoms with van der Waals surface area (Å²) < 4.78 is 37.7. The maximum atomic E-state index is 13.0. The van der Waals surface area contributed by atoms with Crippen LogP contribution in [0.2, 0.25) is 0 Å². The summed E-state index contributed by atoms with van der Waals surface area (Å²) in [7, 11) is 0. The minimum atomic E-state index is -5.08. The van der Waals surface area contributed by atoms with Gasteiger partial charge in [-0.25, -0.2) is 4.79 Å². The van der Waals surface area contributed by atoms with Crippen molar-refractivity contribution in [3.8, 4) is 0 Å². The van der Waals surface area contributed by atoms with E-state index >= 15 is 0 Å². The summed E-state index contributed by atoms with van der Waals surface area (Å²) in [5.74, 6) is -2.60. The lowest BCUT2D eigenvalue weighted by molar-refractivity contribution is -0.192. The molecule has 2 aromatic rings. The summed E-state index contributed by atoms with van der Waals surface area (Å²) in [5.41, 5.74) is 4.58. The van der Waals surface area contributed by atoms with E-state index in [-0.39, 0.29) is 11.3 Å². The first-order chi connectivity index (χ1) is 17.0. The molecular weight excluding hydrogens is 475 g/mol. The van der Waals surface area contributed by atoms with Gasteiger partial charge in [-0.3, -0.25) is 14.7 Å². The SMILES string of the molecule is Cc1ccc(C(=O)N2CCC3(CC2)COCCN(Cc2cccnc2)C3)cc1C.O=C(O)C(F)(F)F. The first-order valence-electron chi connectivity index (χ1n) is 11.8. The van der Waals surface area contributed by atoms with Gasteiger partial charge in [0.05, 0.1) is 13.2 Å². The van der Waals surface area contributed by atoms with Crippen molar-refractivity contribution in [2.24, 2.45) is 5.41 Å². The fraction of sp³-hybridized carbons (Fsp3) is 0.500. The molecule has 2 fully saturated rings. The summed E-state index contributed by atoms with van der Waals surface area (Å²) in [6, 6.07) is 10.2. The lowest BCUT2D eigenvalue weighted by atomic mass is 9.78. The summed E-state index contributed by atoms with van der Waals surface area (Å²) in [6.07, 6.45) is 0.669. The molecule has 4 rings (SSSR count). The molecule has 10 heteroatoms. The quantitative estimate of drug-likeness (QED) is 0.674. The van der Waals surface area contributed by atoms with E-state index in [1.54, 1.807) is 0 Å². The number of carboxylic acids is 1. The van der Waals surface area contributed by atoms with Crippen LogP contribution in [0.1, 0.15) is 39.9 Å². The highest BCUT2D eigenvalue weighted by Gasteiger charge is 2.39. The molecule has 0 unspecified atom stereocenters. The molecule has 1 aromatic carbocycles. The molecule has 7 nitrogen and oxygen atoms in total. The lowest BCUT2D eigenvalue weighted by Crippen LogP contribution is -2.48. The first kappa shape index (κ1) is 27.6. The molecule has 2 aliphatic rings. The molecule has 2 saturated heterocycles. The van der Waals surface area contributed by atoms with Crippen LogP contribution in [0.25, 0.3) is 0 Å². The average molecular weight is 508 g/mol. The van der Waals surface area contributed by atoms with Gasteiger partial charge in [0.2, 0.25) is 0 Å². The number of aryl methyl sites for hydroxylation is 2. The summed E-state index contributed by atoms with van der Waals surface area (Å²) in [4.78, 5) is 30.6. The second-order valence-corrected chi connectivity index (χ2v) is 9.52. The molecule has 1 aromatic heterocycles. The molecule has 1 spiro atoms. The van der Waals surface area contributed by atoms with Crippen LogP contribution in [0.3, 0.4) is 0 Å². The van der Waals surface area contributed by atoms with Crippen LogP contribution in [0.15, 0.2) is 42.7 Å². The predicted octanol–water partition coefficient (Wildman–Crippen LogP) is 4.09. The number of carbonyl (C=O) groups excluding carboxylic acids is 1. The highest BCUT2D eigenvalue weighted by Crippen LogP contribution is 2.35. The standard InChI is InChI=1S/C24H31N3O2.C2HF3O2/c1-19-5-6-22(14-20(19)2)23(28)27-10-7-24(8-11-27)17-26(12-13-29-18-24)16-21-4-3-9-25-15-21;3-2(4,5)1(6)7/h3-6,9,14-15H,7-8,10-13,16-18H2,1-2H3;(H,6,7). The fourth-order valence-electron chi connectivity index (χ4n) is 4.51. The van der Waals surface area contributed by atoms with Crippen molar-refractivity contribution in [3.63, 3.8) is 0 Å². The molecule has 0 saturated carbocycles. The number of ether oxygens (including phenoxy) is 1. The van der Waals surface area contributed by atoms with Gasteiger partial charge >= 0.3 is 12.1 Å². The number of alkyl halides is 3. The average Bonchev–Trinajstić information content (AvgIpc) is 3.03. The molecule has 196 valence electrons. The van der Waals surface area contributed by atoms with Crippen molar-refractivity contribution in [2.45, 2.75) is 39.4 Å². The van der Waals surface area contributed by atoms with Gasteiger partial charge in [0.15, 0.2) is 0 Å². The van der Waals surface area contributed by atoms with Crippen molar-refractivity contribution in [1.29, 1.82) is 0 Å². The van der Waals surface area contributed by atoms with E-state index in [9.17, 15) is 18.0 Å². The Morgan fingerprint density at radius 2 is 1.81 bits per heavy atom. The molecule has 36 heavy (non-hydrogen) atoms. The minimum Gasteiger partial charge on any atom is -0.475 e. The zero-order valence-electron chi connectivity index (χ0n) is 20.6. The smallest absolute Gasteiger partial charge is 0.475 e. The number of carboxylic acid groups (broad SMARTS) is 1. The second kappa shape index (κ2) is 11.8. The maximum Gasteiger partial charge on any atom is 0.490 e. The van der Waals surface area contributed by atoms with Crippen LogP contribution in [0.5, 0.6) is 0 Å². The van der Waals surface area contributed by atoms with E-state index < -0.39 is 12.1 Å². The Balaban J connectivity index is 0.000000454. The molecule has 0 bridgehead atoms. The zero-order chi connectivity index (χ0) is 26.3. The van der Waals surface area contributed by atoms with Gasteiger partial charge < -0.3 is 14.7 Å². The largest absolute Gasteiger partial charge is 0.490 e. The number of aromatic nitrogens is 1. The number of nitrogens with zero attached hydrogens (tertiary/aromatic N) is 3. The van der Waals surface area contributed by atoms with E-state index in [4.69, 9.17) is 14.6 Å². The van der Waals surface area contributed by atoms with Gasteiger partial charge in [-0.05, 0) is 61.6 Å². The molecule has 0 atom stereocenters. The van der Waals surface area contributed by atoms with E-state index in [1.165, 1.54) is 16.7 Å². The highest BCUT2D eigenvalue weighted by atomic mass is 19.4. The Labute approximate surface area is 208 Å². The minimum absolute atomic E-state index is 0.138. The maximum absolute atomic E-state index is 13.0.